The van der Waals surface area contributed by atoms with Gasteiger partial charge in [0.05, 0.1) is 12.2 Å². The summed E-state index contributed by atoms with van der Waals surface area (Å²) in [5.74, 6) is -0.139. The van der Waals surface area contributed by atoms with Gasteiger partial charge in [-0.15, -0.1) is 0 Å². The lowest BCUT2D eigenvalue weighted by molar-refractivity contribution is -0.138. The SMILES string of the molecule is CCOC(=O)C1=CC(=S)C(C)C(Br)=C1C. The predicted molar refractivity (Wildman–Crippen MR) is 68.1 cm³/mol. The van der Waals surface area contributed by atoms with Gasteiger partial charge in [0.1, 0.15) is 0 Å². The molecule has 0 aliphatic heterocycles. The maximum atomic E-state index is 11.6. The zero-order valence-electron chi connectivity index (χ0n) is 8.96. The summed E-state index contributed by atoms with van der Waals surface area (Å²) in [6.07, 6.45) is 1.73. The zero-order valence-corrected chi connectivity index (χ0v) is 11.4. The molecular weight excluding hydrogens is 276 g/mol. The number of halogens is 1. The number of ether oxygens (including phenoxy) is 1. The molecule has 1 aliphatic rings. The minimum absolute atomic E-state index is 0.165. The fraction of sp³-hybridized carbons (Fsp3) is 0.455. The third kappa shape index (κ3) is 2.55. The van der Waals surface area contributed by atoms with Crippen LogP contribution in [-0.2, 0) is 9.53 Å². The molecule has 1 atom stereocenters. The number of hydrogen-bond donors (Lipinski definition) is 0. The van der Waals surface area contributed by atoms with Crippen LogP contribution in [0, 0.1) is 5.92 Å². The Kier molecular flexibility index (Phi) is 4.22. The van der Waals surface area contributed by atoms with Gasteiger partial charge >= 0.3 is 5.97 Å². The minimum atomic E-state index is -0.304. The van der Waals surface area contributed by atoms with Crippen molar-refractivity contribution >= 4 is 39.0 Å². The van der Waals surface area contributed by atoms with E-state index in [1.807, 2.05) is 13.8 Å². The van der Waals surface area contributed by atoms with Gasteiger partial charge < -0.3 is 4.74 Å². The normalized spacial score (nSPS) is 21.5. The van der Waals surface area contributed by atoms with Crippen molar-refractivity contribution in [1.82, 2.24) is 0 Å². The molecular formula is C11H13BrO2S. The van der Waals surface area contributed by atoms with Crippen molar-refractivity contribution in [2.45, 2.75) is 20.8 Å². The van der Waals surface area contributed by atoms with Gasteiger partial charge in [0.2, 0.25) is 0 Å². The Labute approximate surface area is 104 Å². The van der Waals surface area contributed by atoms with E-state index in [1.54, 1.807) is 13.0 Å². The molecule has 15 heavy (non-hydrogen) atoms. The predicted octanol–water partition coefficient (Wildman–Crippen LogP) is 3.16. The molecule has 0 spiro atoms. The first kappa shape index (κ1) is 12.6. The van der Waals surface area contributed by atoms with Crippen LogP contribution in [-0.4, -0.2) is 17.4 Å². The summed E-state index contributed by atoms with van der Waals surface area (Å²) in [7, 11) is 0. The van der Waals surface area contributed by atoms with Crippen LogP contribution in [0.3, 0.4) is 0 Å². The lowest BCUT2D eigenvalue weighted by atomic mass is 9.92. The average molecular weight is 289 g/mol. The molecule has 0 heterocycles. The smallest absolute Gasteiger partial charge is 0.338 e. The van der Waals surface area contributed by atoms with Gasteiger partial charge in [0.15, 0.2) is 0 Å². The van der Waals surface area contributed by atoms with Gasteiger partial charge in [-0.05, 0) is 25.5 Å². The van der Waals surface area contributed by atoms with Crippen molar-refractivity contribution in [1.29, 1.82) is 0 Å². The second-order valence-corrected chi connectivity index (χ2v) is 4.70. The maximum absolute atomic E-state index is 11.6. The summed E-state index contributed by atoms with van der Waals surface area (Å²) in [5.41, 5.74) is 1.47. The Bertz CT molecular complexity index is 369. The van der Waals surface area contributed by atoms with Crippen LogP contribution < -0.4 is 0 Å². The van der Waals surface area contributed by atoms with E-state index >= 15 is 0 Å². The van der Waals surface area contributed by atoms with Gasteiger partial charge in [-0.2, -0.15) is 0 Å². The molecule has 0 aromatic carbocycles. The zero-order chi connectivity index (χ0) is 11.6. The third-order valence-corrected chi connectivity index (χ3v) is 4.10. The third-order valence-electron chi connectivity index (χ3n) is 2.35. The van der Waals surface area contributed by atoms with E-state index in [1.165, 1.54) is 0 Å². The standard InChI is InChI=1S/C11H13BrO2S/c1-4-14-11(13)8-5-9(15)7(3)10(12)6(8)2/h5,7H,4H2,1-3H3. The van der Waals surface area contributed by atoms with Gasteiger partial charge in [0.25, 0.3) is 0 Å². The Morgan fingerprint density at radius 1 is 1.67 bits per heavy atom. The highest BCUT2D eigenvalue weighted by Crippen LogP contribution is 2.32. The van der Waals surface area contributed by atoms with E-state index < -0.39 is 0 Å². The number of esters is 1. The minimum Gasteiger partial charge on any atom is -0.462 e. The number of carbonyl (C=O) groups is 1. The van der Waals surface area contributed by atoms with E-state index in [0.717, 1.165) is 14.9 Å². The highest BCUT2D eigenvalue weighted by Gasteiger charge is 2.25. The number of thiocarbonyl (C=S) groups is 1. The quantitative estimate of drug-likeness (QED) is 0.577. The maximum Gasteiger partial charge on any atom is 0.338 e. The first-order chi connectivity index (χ1) is 6.99. The van der Waals surface area contributed by atoms with Gasteiger partial charge in [-0.25, -0.2) is 4.79 Å². The second-order valence-electron chi connectivity index (χ2n) is 3.38. The van der Waals surface area contributed by atoms with Crippen molar-refractivity contribution in [3.05, 3.63) is 21.7 Å². The van der Waals surface area contributed by atoms with Crippen LogP contribution in [0.15, 0.2) is 21.7 Å². The summed E-state index contributed by atoms with van der Waals surface area (Å²) >= 11 is 8.65. The number of hydrogen-bond acceptors (Lipinski definition) is 3. The lowest BCUT2D eigenvalue weighted by Gasteiger charge is -2.20. The molecule has 0 saturated carbocycles. The molecule has 0 amide bonds. The van der Waals surface area contributed by atoms with E-state index in [0.29, 0.717) is 12.2 Å². The molecule has 0 radical (unpaired) electrons. The van der Waals surface area contributed by atoms with Gasteiger partial charge in [-0.3, -0.25) is 0 Å². The fourth-order valence-corrected chi connectivity index (χ4v) is 2.22. The van der Waals surface area contributed by atoms with Crippen LogP contribution in [0.2, 0.25) is 0 Å². The summed E-state index contributed by atoms with van der Waals surface area (Å²) in [6, 6.07) is 0. The Hall–Kier alpha value is -0.480. The molecule has 1 unspecified atom stereocenters. The largest absolute Gasteiger partial charge is 0.462 e. The number of carbonyl (C=O) groups excluding carboxylic acids is 1. The molecule has 0 aromatic rings. The summed E-state index contributed by atoms with van der Waals surface area (Å²) in [4.78, 5) is 12.4. The van der Waals surface area contributed by atoms with Crippen molar-refractivity contribution in [3.63, 3.8) is 0 Å². The first-order valence-electron chi connectivity index (χ1n) is 4.78. The van der Waals surface area contributed by atoms with E-state index in [4.69, 9.17) is 17.0 Å². The molecule has 0 N–H and O–H groups in total. The molecule has 2 nitrogen and oxygen atoms in total. The van der Waals surface area contributed by atoms with Crippen molar-refractivity contribution < 1.29 is 9.53 Å². The highest BCUT2D eigenvalue weighted by molar-refractivity contribution is 9.11. The van der Waals surface area contributed by atoms with Crippen LogP contribution in [0.4, 0.5) is 0 Å². The van der Waals surface area contributed by atoms with Crippen LogP contribution >= 0.6 is 28.1 Å². The number of rotatable bonds is 2. The fourth-order valence-electron chi connectivity index (χ4n) is 1.37. The van der Waals surface area contributed by atoms with Crippen LogP contribution in [0.25, 0.3) is 0 Å². The first-order valence-corrected chi connectivity index (χ1v) is 5.98. The van der Waals surface area contributed by atoms with E-state index in [2.05, 4.69) is 15.9 Å². The monoisotopic (exact) mass is 288 g/mol. The average Bonchev–Trinajstić information content (AvgIpc) is 2.20. The molecule has 1 rings (SSSR count). The van der Waals surface area contributed by atoms with E-state index in [-0.39, 0.29) is 11.9 Å². The van der Waals surface area contributed by atoms with Gasteiger partial charge in [0, 0.05) is 15.3 Å². The second kappa shape index (κ2) is 5.03. The lowest BCUT2D eigenvalue weighted by Crippen LogP contribution is -2.19. The Morgan fingerprint density at radius 2 is 2.27 bits per heavy atom. The highest BCUT2D eigenvalue weighted by atomic mass is 79.9. The van der Waals surface area contributed by atoms with Gasteiger partial charge in [-0.1, -0.05) is 35.1 Å². The Balaban J connectivity index is 3.05. The molecule has 0 aromatic heterocycles. The van der Waals surface area contributed by atoms with Crippen molar-refractivity contribution in [3.8, 4) is 0 Å². The summed E-state index contributed by atoms with van der Waals surface area (Å²) < 4.78 is 5.93. The van der Waals surface area contributed by atoms with E-state index in [9.17, 15) is 4.79 Å². The molecule has 4 heteroatoms. The molecule has 0 saturated heterocycles. The molecule has 1 aliphatic carbocycles. The van der Waals surface area contributed by atoms with Crippen LogP contribution in [0.1, 0.15) is 20.8 Å². The molecule has 82 valence electrons. The summed E-state index contributed by atoms with van der Waals surface area (Å²) in [6.45, 7) is 6.07. The molecule has 0 fully saturated rings. The molecule has 0 bridgehead atoms. The summed E-state index contributed by atoms with van der Waals surface area (Å²) in [5, 5.41) is 0. The number of allylic oxidation sites excluding steroid dienone is 2. The topological polar surface area (TPSA) is 26.3 Å². The Morgan fingerprint density at radius 3 is 2.80 bits per heavy atom. The van der Waals surface area contributed by atoms with Crippen molar-refractivity contribution in [2.75, 3.05) is 6.61 Å². The van der Waals surface area contributed by atoms with Crippen LogP contribution in [0.5, 0.6) is 0 Å². The van der Waals surface area contributed by atoms with Crippen molar-refractivity contribution in [2.24, 2.45) is 5.92 Å².